The number of benzene rings is 2. The predicted molar refractivity (Wildman–Crippen MR) is 93.4 cm³/mol. The second-order valence-electron chi connectivity index (χ2n) is 6.10. The SMILES string of the molecule is COc1ccc(CN2CCN(S(=O)(=O)c3ccc(F)cc3F)CC2)cc1. The van der Waals surface area contributed by atoms with Crippen LogP contribution in [0.2, 0.25) is 0 Å². The van der Waals surface area contributed by atoms with Crippen molar-refractivity contribution in [2.24, 2.45) is 0 Å². The predicted octanol–water partition coefficient (Wildman–Crippen LogP) is 2.48. The Balaban J connectivity index is 1.63. The molecule has 0 aromatic heterocycles. The first-order valence-corrected chi connectivity index (χ1v) is 9.64. The quantitative estimate of drug-likeness (QED) is 0.797. The van der Waals surface area contributed by atoms with Crippen molar-refractivity contribution in [2.75, 3.05) is 33.3 Å². The van der Waals surface area contributed by atoms with Crippen LogP contribution in [-0.4, -0.2) is 50.9 Å². The summed E-state index contributed by atoms with van der Waals surface area (Å²) < 4.78 is 58.4. The van der Waals surface area contributed by atoms with Gasteiger partial charge < -0.3 is 4.74 Å². The van der Waals surface area contributed by atoms with Gasteiger partial charge in [-0.2, -0.15) is 4.31 Å². The fraction of sp³-hybridized carbons (Fsp3) is 0.333. The van der Waals surface area contributed by atoms with Gasteiger partial charge in [-0.25, -0.2) is 17.2 Å². The Morgan fingerprint density at radius 3 is 2.23 bits per heavy atom. The molecule has 3 rings (SSSR count). The van der Waals surface area contributed by atoms with Crippen molar-refractivity contribution in [3.63, 3.8) is 0 Å². The van der Waals surface area contributed by atoms with E-state index in [1.807, 2.05) is 24.3 Å². The third kappa shape index (κ3) is 4.03. The lowest BCUT2D eigenvalue weighted by Gasteiger charge is -2.34. The van der Waals surface area contributed by atoms with Crippen molar-refractivity contribution < 1.29 is 21.9 Å². The average Bonchev–Trinajstić information content (AvgIpc) is 2.62. The van der Waals surface area contributed by atoms with E-state index in [1.54, 1.807) is 7.11 Å². The summed E-state index contributed by atoms with van der Waals surface area (Å²) in [5.41, 5.74) is 1.10. The number of sulfonamides is 1. The topological polar surface area (TPSA) is 49.9 Å². The molecule has 0 aliphatic carbocycles. The third-order valence-electron chi connectivity index (χ3n) is 4.41. The van der Waals surface area contributed by atoms with E-state index in [0.29, 0.717) is 25.7 Å². The van der Waals surface area contributed by atoms with Crippen LogP contribution in [-0.2, 0) is 16.6 Å². The van der Waals surface area contributed by atoms with Crippen LogP contribution in [0.5, 0.6) is 5.75 Å². The summed E-state index contributed by atoms with van der Waals surface area (Å²) in [6, 6.07) is 10.2. The number of rotatable bonds is 5. The molecule has 140 valence electrons. The van der Waals surface area contributed by atoms with E-state index < -0.39 is 26.6 Å². The lowest BCUT2D eigenvalue weighted by atomic mass is 10.2. The van der Waals surface area contributed by atoms with Gasteiger partial charge in [0.2, 0.25) is 10.0 Å². The molecule has 0 unspecified atom stereocenters. The van der Waals surface area contributed by atoms with E-state index in [4.69, 9.17) is 4.74 Å². The summed E-state index contributed by atoms with van der Waals surface area (Å²) in [5, 5.41) is 0. The van der Waals surface area contributed by atoms with E-state index >= 15 is 0 Å². The van der Waals surface area contributed by atoms with Crippen LogP contribution < -0.4 is 4.74 Å². The largest absolute Gasteiger partial charge is 0.497 e. The number of hydrogen-bond acceptors (Lipinski definition) is 4. The van der Waals surface area contributed by atoms with Crippen LogP contribution in [0.1, 0.15) is 5.56 Å². The van der Waals surface area contributed by atoms with Crippen LogP contribution in [0.4, 0.5) is 8.78 Å². The molecule has 0 bridgehead atoms. The standard InChI is InChI=1S/C18H20F2N2O3S/c1-25-16-5-2-14(3-6-16)13-21-8-10-22(11-9-21)26(23,24)18-7-4-15(19)12-17(18)20/h2-7,12H,8-11,13H2,1H3. The molecular formula is C18H20F2N2O3S. The minimum absolute atomic E-state index is 0.259. The zero-order valence-corrected chi connectivity index (χ0v) is 15.2. The first-order chi connectivity index (χ1) is 12.4. The Morgan fingerprint density at radius 1 is 1.00 bits per heavy atom. The molecule has 1 aliphatic rings. The lowest BCUT2D eigenvalue weighted by Crippen LogP contribution is -2.48. The Hall–Kier alpha value is -2.03. The van der Waals surface area contributed by atoms with Gasteiger partial charge in [-0.1, -0.05) is 12.1 Å². The van der Waals surface area contributed by atoms with Gasteiger partial charge in [0, 0.05) is 38.8 Å². The van der Waals surface area contributed by atoms with Crippen LogP contribution in [0.25, 0.3) is 0 Å². The second-order valence-corrected chi connectivity index (χ2v) is 8.01. The summed E-state index contributed by atoms with van der Waals surface area (Å²) >= 11 is 0. The highest BCUT2D eigenvalue weighted by Gasteiger charge is 2.30. The Bertz CT molecular complexity index is 865. The van der Waals surface area contributed by atoms with Gasteiger partial charge in [0.25, 0.3) is 0 Å². The molecule has 0 N–H and O–H groups in total. The van der Waals surface area contributed by atoms with E-state index in [9.17, 15) is 17.2 Å². The molecule has 1 fully saturated rings. The monoisotopic (exact) mass is 382 g/mol. The number of piperazine rings is 1. The van der Waals surface area contributed by atoms with Gasteiger partial charge in [0.05, 0.1) is 7.11 Å². The summed E-state index contributed by atoms with van der Waals surface area (Å²) in [6.45, 7) is 2.29. The van der Waals surface area contributed by atoms with Gasteiger partial charge in [-0.3, -0.25) is 4.90 Å². The number of ether oxygens (including phenoxy) is 1. The van der Waals surface area contributed by atoms with Crippen molar-refractivity contribution >= 4 is 10.0 Å². The third-order valence-corrected chi connectivity index (χ3v) is 6.34. The van der Waals surface area contributed by atoms with Gasteiger partial charge in [0.15, 0.2) is 0 Å². The maximum Gasteiger partial charge on any atom is 0.246 e. The van der Waals surface area contributed by atoms with E-state index in [0.717, 1.165) is 23.4 Å². The molecule has 0 saturated carbocycles. The fourth-order valence-electron chi connectivity index (χ4n) is 2.94. The molecule has 2 aromatic rings. The highest BCUT2D eigenvalue weighted by molar-refractivity contribution is 7.89. The normalized spacial score (nSPS) is 16.6. The second kappa shape index (κ2) is 7.69. The van der Waals surface area contributed by atoms with Gasteiger partial charge >= 0.3 is 0 Å². The molecule has 26 heavy (non-hydrogen) atoms. The van der Waals surface area contributed by atoms with Crippen molar-refractivity contribution in [1.29, 1.82) is 0 Å². The first-order valence-electron chi connectivity index (χ1n) is 8.20. The summed E-state index contributed by atoms with van der Waals surface area (Å²) in [5.74, 6) is -1.08. The molecule has 0 radical (unpaired) electrons. The smallest absolute Gasteiger partial charge is 0.246 e. The molecule has 1 heterocycles. The fourth-order valence-corrected chi connectivity index (χ4v) is 4.41. The molecule has 1 aliphatic heterocycles. The van der Waals surface area contributed by atoms with Crippen molar-refractivity contribution in [3.05, 3.63) is 59.7 Å². The highest BCUT2D eigenvalue weighted by atomic mass is 32.2. The molecule has 0 atom stereocenters. The maximum atomic E-state index is 13.9. The number of methoxy groups -OCH3 is 1. The summed E-state index contributed by atoms with van der Waals surface area (Å²) in [4.78, 5) is 1.65. The molecule has 8 heteroatoms. The van der Waals surface area contributed by atoms with Crippen molar-refractivity contribution in [1.82, 2.24) is 9.21 Å². The minimum Gasteiger partial charge on any atom is -0.497 e. The number of nitrogens with zero attached hydrogens (tertiary/aromatic N) is 2. The first kappa shape index (κ1) is 18.8. The molecule has 0 spiro atoms. The van der Waals surface area contributed by atoms with Crippen LogP contribution >= 0.6 is 0 Å². The van der Waals surface area contributed by atoms with E-state index in [1.165, 1.54) is 4.31 Å². The summed E-state index contributed by atoms with van der Waals surface area (Å²) in [7, 11) is -2.36. The highest BCUT2D eigenvalue weighted by Crippen LogP contribution is 2.22. The van der Waals surface area contributed by atoms with Crippen molar-refractivity contribution in [2.45, 2.75) is 11.4 Å². The number of halogens is 2. The van der Waals surface area contributed by atoms with Crippen molar-refractivity contribution in [3.8, 4) is 5.75 Å². The Kier molecular flexibility index (Phi) is 5.55. The van der Waals surface area contributed by atoms with Crippen LogP contribution in [0.15, 0.2) is 47.4 Å². The zero-order chi connectivity index (χ0) is 18.7. The van der Waals surface area contributed by atoms with Crippen LogP contribution in [0.3, 0.4) is 0 Å². The summed E-state index contributed by atoms with van der Waals surface area (Å²) in [6.07, 6.45) is 0. The van der Waals surface area contributed by atoms with Gasteiger partial charge in [-0.05, 0) is 29.8 Å². The van der Waals surface area contributed by atoms with Gasteiger partial charge in [-0.15, -0.1) is 0 Å². The van der Waals surface area contributed by atoms with E-state index in [-0.39, 0.29) is 13.1 Å². The molecular weight excluding hydrogens is 362 g/mol. The molecule has 0 amide bonds. The van der Waals surface area contributed by atoms with Gasteiger partial charge in [0.1, 0.15) is 22.3 Å². The minimum atomic E-state index is -3.97. The maximum absolute atomic E-state index is 13.9. The average molecular weight is 382 g/mol. The Morgan fingerprint density at radius 2 is 1.65 bits per heavy atom. The molecule has 2 aromatic carbocycles. The molecule has 1 saturated heterocycles. The molecule has 5 nitrogen and oxygen atoms in total. The lowest BCUT2D eigenvalue weighted by molar-refractivity contribution is 0.181. The van der Waals surface area contributed by atoms with E-state index in [2.05, 4.69) is 4.90 Å². The zero-order valence-electron chi connectivity index (χ0n) is 14.4. The number of hydrogen-bond donors (Lipinski definition) is 0. The van der Waals surface area contributed by atoms with Crippen LogP contribution in [0, 0.1) is 11.6 Å². The Labute approximate surface area is 151 Å².